The highest BCUT2D eigenvalue weighted by Gasteiger charge is 2.00. The number of nitrogens with one attached hydrogen (secondary N) is 2. The van der Waals surface area contributed by atoms with Crippen LogP contribution in [0.1, 0.15) is 19.8 Å². The lowest BCUT2D eigenvalue weighted by atomic mass is 10.3. The van der Waals surface area contributed by atoms with Gasteiger partial charge in [0.15, 0.2) is 5.69 Å². The zero-order valence-corrected chi connectivity index (χ0v) is 9.29. The maximum atomic E-state index is 11.4. The summed E-state index contributed by atoms with van der Waals surface area (Å²) in [6.45, 7) is 9.55. The van der Waals surface area contributed by atoms with Gasteiger partial charge in [0.2, 0.25) is 0 Å². The lowest BCUT2D eigenvalue weighted by Crippen LogP contribution is -2.29. The fourth-order valence-electron chi connectivity index (χ4n) is 1.17. The van der Waals surface area contributed by atoms with E-state index in [1.807, 2.05) is 0 Å². The molecule has 4 nitrogen and oxygen atoms in total. The lowest BCUT2D eigenvalue weighted by Gasteiger charge is -2.06. The zero-order chi connectivity index (χ0) is 11.8. The number of hydrogen-bond acceptors (Lipinski definition) is 1. The van der Waals surface area contributed by atoms with E-state index in [1.54, 1.807) is 24.3 Å². The molecule has 0 aliphatic heterocycles. The summed E-state index contributed by atoms with van der Waals surface area (Å²) in [6.07, 6.45) is 2.03. The van der Waals surface area contributed by atoms with Crippen LogP contribution in [0, 0.1) is 6.57 Å². The van der Waals surface area contributed by atoms with E-state index in [4.69, 9.17) is 6.57 Å². The van der Waals surface area contributed by atoms with Gasteiger partial charge in [0.05, 0.1) is 6.57 Å². The molecule has 0 bridgehead atoms. The van der Waals surface area contributed by atoms with Gasteiger partial charge in [-0.25, -0.2) is 9.64 Å². The highest BCUT2D eigenvalue weighted by molar-refractivity contribution is 5.89. The van der Waals surface area contributed by atoms with E-state index in [1.165, 1.54) is 0 Å². The molecule has 0 unspecified atom stereocenters. The second-order valence-corrected chi connectivity index (χ2v) is 3.39. The van der Waals surface area contributed by atoms with Crippen molar-refractivity contribution in [3.8, 4) is 0 Å². The standard InChI is InChI=1S/C12H15N3O/c1-3-4-9-14-12(16)15-11-7-5-10(13-2)6-8-11/h5-8H,3-4,9H2,1H3,(H2,14,15,16). The summed E-state index contributed by atoms with van der Waals surface area (Å²) in [6, 6.07) is 6.58. The van der Waals surface area contributed by atoms with Crippen molar-refractivity contribution in [2.24, 2.45) is 0 Å². The van der Waals surface area contributed by atoms with Crippen LogP contribution in [0.3, 0.4) is 0 Å². The number of amides is 2. The Bertz CT molecular complexity index is 378. The lowest BCUT2D eigenvalue weighted by molar-refractivity contribution is 0.252. The van der Waals surface area contributed by atoms with Crippen molar-refractivity contribution in [2.75, 3.05) is 11.9 Å². The molecular weight excluding hydrogens is 202 g/mol. The number of anilines is 1. The van der Waals surface area contributed by atoms with E-state index in [9.17, 15) is 4.79 Å². The Morgan fingerprint density at radius 3 is 2.62 bits per heavy atom. The molecule has 1 rings (SSSR count). The molecule has 0 spiro atoms. The Balaban J connectivity index is 2.41. The normalized spacial score (nSPS) is 9.25. The fourth-order valence-corrected chi connectivity index (χ4v) is 1.17. The Hall–Kier alpha value is -2.02. The summed E-state index contributed by atoms with van der Waals surface area (Å²) in [5.41, 5.74) is 1.26. The first-order valence-electron chi connectivity index (χ1n) is 5.28. The molecule has 2 N–H and O–H groups in total. The number of carbonyl (C=O) groups is 1. The van der Waals surface area contributed by atoms with Gasteiger partial charge < -0.3 is 10.6 Å². The van der Waals surface area contributed by atoms with Crippen LogP contribution in [0.5, 0.6) is 0 Å². The molecule has 4 heteroatoms. The molecule has 0 heterocycles. The molecule has 84 valence electrons. The molecule has 0 fully saturated rings. The molecule has 0 aliphatic rings. The van der Waals surface area contributed by atoms with Crippen LogP contribution in [0.2, 0.25) is 0 Å². The molecule has 0 saturated carbocycles. The number of nitrogens with zero attached hydrogens (tertiary/aromatic N) is 1. The van der Waals surface area contributed by atoms with E-state index in [-0.39, 0.29) is 6.03 Å². The molecule has 0 radical (unpaired) electrons. The minimum Gasteiger partial charge on any atom is -0.338 e. The maximum absolute atomic E-state index is 11.4. The molecule has 0 aromatic heterocycles. The molecule has 1 aromatic rings. The number of rotatable bonds is 4. The predicted molar refractivity (Wildman–Crippen MR) is 64.6 cm³/mol. The number of hydrogen-bond donors (Lipinski definition) is 2. The van der Waals surface area contributed by atoms with Crippen molar-refractivity contribution >= 4 is 17.4 Å². The van der Waals surface area contributed by atoms with E-state index >= 15 is 0 Å². The molecular formula is C12H15N3O. The molecule has 2 amide bonds. The summed E-state index contributed by atoms with van der Waals surface area (Å²) in [5, 5.41) is 5.45. The Labute approximate surface area is 95.5 Å². The van der Waals surface area contributed by atoms with Crippen LogP contribution < -0.4 is 10.6 Å². The van der Waals surface area contributed by atoms with E-state index in [2.05, 4.69) is 22.4 Å². The summed E-state index contributed by atoms with van der Waals surface area (Å²) >= 11 is 0. The molecule has 0 atom stereocenters. The van der Waals surface area contributed by atoms with Crippen molar-refractivity contribution in [1.29, 1.82) is 0 Å². The highest BCUT2D eigenvalue weighted by atomic mass is 16.2. The van der Waals surface area contributed by atoms with Crippen LogP contribution in [-0.4, -0.2) is 12.6 Å². The van der Waals surface area contributed by atoms with Gasteiger partial charge in [-0.3, -0.25) is 0 Å². The van der Waals surface area contributed by atoms with Gasteiger partial charge in [-0.2, -0.15) is 0 Å². The average Bonchev–Trinajstić information content (AvgIpc) is 2.30. The first-order valence-corrected chi connectivity index (χ1v) is 5.28. The third-order valence-electron chi connectivity index (χ3n) is 2.07. The van der Waals surface area contributed by atoms with Gasteiger partial charge in [0.1, 0.15) is 0 Å². The first-order chi connectivity index (χ1) is 7.76. The Morgan fingerprint density at radius 2 is 2.06 bits per heavy atom. The van der Waals surface area contributed by atoms with Crippen molar-refractivity contribution < 1.29 is 4.79 Å². The predicted octanol–water partition coefficient (Wildman–Crippen LogP) is 3.16. The minimum absolute atomic E-state index is 0.205. The second-order valence-electron chi connectivity index (χ2n) is 3.39. The van der Waals surface area contributed by atoms with E-state index in [0.29, 0.717) is 17.9 Å². The van der Waals surface area contributed by atoms with Crippen molar-refractivity contribution in [3.63, 3.8) is 0 Å². The van der Waals surface area contributed by atoms with Crippen LogP contribution in [0.25, 0.3) is 4.85 Å². The van der Waals surface area contributed by atoms with Crippen LogP contribution in [0.4, 0.5) is 16.2 Å². The van der Waals surface area contributed by atoms with Gasteiger partial charge in [-0.1, -0.05) is 25.5 Å². The average molecular weight is 217 g/mol. The van der Waals surface area contributed by atoms with E-state index in [0.717, 1.165) is 12.8 Å². The van der Waals surface area contributed by atoms with Crippen molar-refractivity contribution in [2.45, 2.75) is 19.8 Å². The van der Waals surface area contributed by atoms with Gasteiger partial charge in [0.25, 0.3) is 0 Å². The Morgan fingerprint density at radius 1 is 1.38 bits per heavy atom. The third kappa shape index (κ3) is 4.01. The number of urea groups is 1. The fraction of sp³-hybridized carbons (Fsp3) is 0.333. The topological polar surface area (TPSA) is 45.5 Å². The minimum atomic E-state index is -0.205. The number of benzene rings is 1. The summed E-state index contributed by atoms with van der Waals surface area (Å²) < 4.78 is 0. The molecule has 0 saturated heterocycles. The maximum Gasteiger partial charge on any atom is 0.319 e. The van der Waals surface area contributed by atoms with Crippen molar-refractivity contribution in [3.05, 3.63) is 35.7 Å². The summed E-state index contributed by atoms with van der Waals surface area (Å²) in [4.78, 5) is 14.6. The summed E-state index contributed by atoms with van der Waals surface area (Å²) in [5.74, 6) is 0. The largest absolute Gasteiger partial charge is 0.338 e. The van der Waals surface area contributed by atoms with E-state index < -0.39 is 0 Å². The zero-order valence-electron chi connectivity index (χ0n) is 9.29. The molecule has 1 aromatic carbocycles. The first kappa shape index (κ1) is 12.1. The van der Waals surface area contributed by atoms with Crippen LogP contribution in [-0.2, 0) is 0 Å². The van der Waals surface area contributed by atoms with Gasteiger partial charge in [-0.15, -0.1) is 0 Å². The monoisotopic (exact) mass is 217 g/mol. The molecule has 16 heavy (non-hydrogen) atoms. The smallest absolute Gasteiger partial charge is 0.319 e. The molecule has 0 aliphatic carbocycles. The van der Waals surface area contributed by atoms with Crippen LogP contribution in [0.15, 0.2) is 24.3 Å². The second kappa shape index (κ2) is 6.46. The SMILES string of the molecule is [C-]#[N+]c1ccc(NC(=O)NCCCC)cc1. The van der Waals surface area contributed by atoms with Gasteiger partial charge >= 0.3 is 6.03 Å². The van der Waals surface area contributed by atoms with Crippen molar-refractivity contribution in [1.82, 2.24) is 5.32 Å². The Kier molecular flexibility index (Phi) is 4.87. The van der Waals surface area contributed by atoms with Gasteiger partial charge in [0, 0.05) is 12.2 Å². The van der Waals surface area contributed by atoms with Crippen LogP contribution >= 0.6 is 0 Å². The summed E-state index contributed by atoms with van der Waals surface area (Å²) in [7, 11) is 0. The number of unbranched alkanes of at least 4 members (excludes halogenated alkanes) is 1. The number of carbonyl (C=O) groups excluding carboxylic acids is 1. The highest BCUT2D eigenvalue weighted by Crippen LogP contribution is 2.15. The quantitative estimate of drug-likeness (QED) is 0.590. The third-order valence-corrected chi connectivity index (χ3v) is 2.07. The van der Waals surface area contributed by atoms with Gasteiger partial charge in [-0.05, 0) is 18.6 Å².